The molecule has 1 aromatic carbocycles. The van der Waals surface area contributed by atoms with Crippen LogP contribution < -0.4 is 10.1 Å². The number of methoxy groups -OCH3 is 1. The van der Waals surface area contributed by atoms with Gasteiger partial charge < -0.3 is 15.2 Å². The van der Waals surface area contributed by atoms with E-state index in [1.165, 1.54) is 5.56 Å². The molecular weight excluding hydrogens is 304 g/mol. The van der Waals surface area contributed by atoms with Crippen LogP contribution in [0.1, 0.15) is 44.2 Å². The second-order valence-corrected chi connectivity index (χ2v) is 7.05. The summed E-state index contributed by atoms with van der Waals surface area (Å²) in [5.41, 5.74) is 1.24. The van der Waals surface area contributed by atoms with E-state index in [0.717, 1.165) is 44.5 Å². The van der Waals surface area contributed by atoms with Gasteiger partial charge in [-0.1, -0.05) is 12.1 Å². The van der Waals surface area contributed by atoms with Crippen LogP contribution in [0.25, 0.3) is 0 Å². The van der Waals surface area contributed by atoms with Crippen molar-refractivity contribution in [2.45, 2.75) is 50.8 Å². The van der Waals surface area contributed by atoms with E-state index < -0.39 is 6.10 Å². The molecule has 5 nitrogen and oxygen atoms in total. The van der Waals surface area contributed by atoms with Crippen molar-refractivity contribution in [3.63, 3.8) is 0 Å². The molecule has 0 spiro atoms. The molecule has 1 amide bonds. The molecule has 0 aromatic heterocycles. The molecule has 1 aromatic rings. The lowest BCUT2D eigenvalue weighted by Gasteiger charge is -2.37. The van der Waals surface area contributed by atoms with Crippen molar-refractivity contribution in [2.75, 3.05) is 20.2 Å². The molecule has 1 saturated carbocycles. The number of hydrogen-bond donors (Lipinski definition) is 2. The molecule has 3 rings (SSSR count). The number of hydrogen-bond acceptors (Lipinski definition) is 4. The molecular formula is C19H28N2O3. The lowest BCUT2D eigenvalue weighted by molar-refractivity contribution is -0.133. The van der Waals surface area contributed by atoms with Gasteiger partial charge in [-0.05, 0) is 69.3 Å². The second-order valence-electron chi connectivity index (χ2n) is 7.05. The van der Waals surface area contributed by atoms with Gasteiger partial charge in [-0.3, -0.25) is 9.69 Å². The average Bonchev–Trinajstić information content (AvgIpc) is 3.44. The number of amides is 1. The van der Waals surface area contributed by atoms with E-state index in [1.807, 2.05) is 12.1 Å². The largest absolute Gasteiger partial charge is 0.497 e. The zero-order chi connectivity index (χ0) is 17.1. The SMILES string of the molecule is COc1cccc(C(C)N2CCC(C(O)C(=O)NC3CC3)CC2)c1. The Labute approximate surface area is 144 Å². The van der Waals surface area contributed by atoms with Gasteiger partial charge in [-0.25, -0.2) is 0 Å². The smallest absolute Gasteiger partial charge is 0.249 e. The van der Waals surface area contributed by atoms with Crippen molar-refractivity contribution in [2.24, 2.45) is 5.92 Å². The molecule has 0 bridgehead atoms. The molecule has 1 heterocycles. The van der Waals surface area contributed by atoms with Crippen LogP contribution in [-0.4, -0.2) is 48.3 Å². The van der Waals surface area contributed by atoms with Gasteiger partial charge in [0, 0.05) is 12.1 Å². The minimum Gasteiger partial charge on any atom is -0.497 e. The van der Waals surface area contributed by atoms with Crippen LogP contribution in [0.15, 0.2) is 24.3 Å². The number of carbonyl (C=O) groups is 1. The summed E-state index contributed by atoms with van der Waals surface area (Å²) in [6.07, 6.45) is 2.95. The monoisotopic (exact) mass is 332 g/mol. The third-order valence-corrected chi connectivity index (χ3v) is 5.34. The summed E-state index contributed by atoms with van der Waals surface area (Å²) in [6.45, 7) is 4.00. The molecule has 1 aliphatic heterocycles. The third-order valence-electron chi connectivity index (χ3n) is 5.34. The Morgan fingerprint density at radius 1 is 1.29 bits per heavy atom. The minimum absolute atomic E-state index is 0.0671. The number of rotatable bonds is 6. The number of aliphatic hydroxyl groups is 1. The zero-order valence-electron chi connectivity index (χ0n) is 14.6. The first-order valence-corrected chi connectivity index (χ1v) is 8.95. The standard InChI is InChI=1S/C19H28N2O3/c1-13(15-4-3-5-17(12-15)24-2)21-10-8-14(9-11-21)18(22)19(23)20-16-6-7-16/h3-5,12-14,16,18,22H,6-11H2,1-2H3,(H,20,23). The van der Waals surface area contributed by atoms with Crippen LogP contribution in [-0.2, 0) is 4.79 Å². The van der Waals surface area contributed by atoms with Gasteiger partial charge in [-0.2, -0.15) is 0 Å². The predicted molar refractivity (Wildman–Crippen MR) is 92.9 cm³/mol. The summed E-state index contributed by atoms with van der Waals surface area (Å²) in [6, 6.07) is 8.78. The van der Waals surface area contributed by atoms with E-state index in [9.17, 15) is 9.90 Å². The van der Waals surface area contributed by atoms with Gasteiger partial charge >= 0.3 is 0 Å². The average molecular weight is 332 g/mol. The Hall–Kier alpha value is -1.59. The summed E-state index contributed by atoms with van der Waals surface area (Å²) >= 11 is 0. The summed E-state index contributed by atoms with van der Waals surface area (Å²) in [5.74, 6) is 0.760. The van der Waals surface area contributed by atoms with E-state index in [4.69, 9.17) is 4.74 Å². The fourth-order valence-electron chi connectivity index (χ4n) is 3.46. The zero-order valence-corrected chi connectivity index (χ0v) is 14.6. The number of benzene rings is 1. The quantitative estimate of drug-likeness (QED) is 0.837. The summed E-state index contributed by atoms with van der Waals surface area (Å²) in [4.78, 5) is 14.4. The van der Waals surface area contributed by atoms with Crippen molar-refractivity contribution in [3.8, 4) is 5.75 Å². The Morgan fingerprint density at radius 3 is 2.62 bits per heavy atom. The highest BCUT2D eigenvalue weighted by molar-refractivity contribution is 5.81. The number of aliphatic hydroxyl groups excluding tert-OH is 1. The fraction of sp³-hybridized carbons (Fsp3) is 0.632. The van der Waals surface area contributed by atoms with Crippen LogP contribution in [0.5, 0.6) is 5.75 Å². The molecule has 24 heavy (non-hydrogen) atoms. The van der Waals surface area contributed by atoms with Crippen LogP contribution >= 0.6 is 0 Å². The van der Waals surface area contributed by atoms with E-state index in [1.54, 1.807) is 7.11 Å². The highest BCUT2D eigenvalue weighted by Crippen LogP contribution is 2.30. The number of ether oxygens (including phenoxy) is 1. The van der Waals surface area contributed by atoms with Gasteiger partial charge in [0.1, 0.15) is 11.9 Å². The Balaban J connectivity index is 1.52. The first kappa shape index (κ1) is 17.2. The maximum Gasteiger partial charge on any atom is 0.249 e. The second kappa shape index (κ2) is 7.53. The molecule has 132 valence electrons. The van der Waals surface area contributed by atoms with Crippen LogP contribution in [0, 0.1) is 5.92 Å². The number of piperidine rings is 1. The van der Waals surface area contributed by atoms with Crippen molar-refractivity contribution < 1.29 is 14.6 Å². The molecule has 1 aliphatic carbocycles. The molecule has 2 atom stereocenters. The van der Waals surface area contributed by atoms with E-state index in [-0.39, 0.29) is 11.8 Å². The summed E-state index contributed by atoms with van der Waals surface area (Å²) in [7, 11) is 1.68. The number of nitrogens with zero attached hydrogens (tertiary/aromatic N) is 1. The maximum absolute atomic E-state index is 12.0. The van der Waals surface area contributed by atoms with E-state index in [0.29, 0.717) is 12.1 Å². The molecule has 2 N–H and O–H groups in total. The van der Waals surface area contributed by atoms with Crippen molar-refractivity contribution in [3.05, 3.63) is 29.8 Å². The Bertz CT molecular complexity index is 565. The van der Waals surface area contributed by atoms with Gasteiger partial charge in [0.25, 0.3) is 0 Å². The number of carbonyl (C=O) groups excluding carboxylic acids is 1. The normalized spacial score (nSPS) is 22.0. The maximum atomic E-state index is 12.0. The van der Waals surface area contributed by atoms with Gasteiger partial charge in [0.15, 0.2) is 0 Å². The Morgan fingerprint density at radius 2 is 2.00 bits per heavy atom. The van der Waals surface area contributed by atoms with Gasteiger partial charge in [0.05, 0.1) is 7.11 Å². The predicted octanol–water partition coefficient (Wildman–Crippen LogP) is 2.11. The number of nitrogens with one attached hydrogen (secondary N) is 1. The highest BCUT2D eigenvalue weighted by atomic mass is 16.5. The van der Waals surface area contributed by atoms with E-state index >= 15 is 0 Å². The van der Waals surface area contributed by atoms with Crippen molar-refractivity contribution in [1.82, 2.24) is 10.2 Å². The first-order valence-electron chi connectivity index (χ1n) is 8.95. The molecule has 1 saturated heterocycles. The lowest BCUT2D eigenvalue weighted by atomic mass is 9.89. The van der Waals surface area contributed by atoms with Crippen molar-refractivity contribution in [1.29, 1.82) is 0 Å². The number of likely N-dealkylation sites (tertiary alicyclic amines) is 1. The van der Waals surface area contributed by atoms with Gasteiger partial charge in [0.2, 0.25) is 5.91 Å². The molecule has 2 aliphatic rings. The topological polar surface area (TPSA) is 61.8 Å². The fourth-order valence-corrected chi connectivity index (χ4v) is 3.46. The molecule has 2 fully saturated rings. The Kier molecular flexibility index (Phi) is 5.41. The molecule has 0 radical (unpaired) electrons. The van der Waals surface area contributed by atoms with Crippen LogP contribution in [0.3, 0.4) is 0 Å². The van der Waals surface area contributed by atoms with E-state index in [2.05, 4.69) is 29.3 Å². The van der Waals surface area contributed by atoms with Crippen LogP contribution in [0.4, 0.5) is 0 Å². The molecule has 5 heteroatoms. The minimum atomic E-state index is -0.861. The van der Waals surface area contributed by atoms with Crippen LogP contribution in [0.2, 0.25) is 0 Å². The molecule has 2 unspecified atom stereocenters. The first-order chi connectivity index (χ1) is 11.6. The third kappa shape index (κ3) is 4.08. The summed E-state index contributed by atoms with van der Waals surface area (Å²) < 4.78 is 5.31. The summed E-state index contributed by atoms with van der Waals surface area (Å²) in [5, 5.41) is 13.2. The lowest BCUT2D eigenvalue weighted by Crippen LogP contribution is -2.45. The van der Waals surface area contributed by atoms with Gasteiger partial charge in [-0.15, -0.1) is 0 Å². The van der Waals surface area contributed by atoms with Crippen molar-refractivity contribution >= 4 is 5.91 Å². The highest BCUT2D eigenvalue weighted by Gasteiger charge is 2.33.